The summed E-state index contributed by atoms with van der Waals surface area (Å²) in [5.74, 6) is 1.65. The van der Waals surface area contributed by atoms with Crippen molar-refractivity contribution >= 4 is 49.8 Å². The number of rotatable bonds is 5. The second-order valence-corrected chi connectivity index (χ2v) is 13.6. The highest BCUT2D eigenvalue weighted by molar-refractivity contribution is 6.19. The zero-order valence-corrected chi connectivity index (χ0v) is 29.0. The number of fused-ring (bicyclic) bond motifs is 5. The number of benzene rings is 5. The van der Waals surface area contributed by atoms with Crippen LogP contribution in [0.5, 0.6) is 0 Å². The predicted octanol–water partition coefficient (Wildman–Crippen LogP) is 12.0. The average Bonchev–Trinajstić information content (AvgIpc) is 3.57. The lowest BCUT2D eigenvalue weighted by Gasteiger charge is -2.33. The molecule has 6 heterocycles. The van der Waals surface area contributed by atoms with Crippen LogP contribution in [0.4, 0.5) is 17.2 Å². The van der Waals surface area contributed by atoms with E-state index in [0.717, 1.165) is 72.9 Å². The second kappa shape index (κ2) is 12.1. The summed E-state index contributed by atoms with van der Waals surface area (Å²) in [6.45, 7) is 0. The minimum absolute atomic E-state index is 0.824. The molecule has 0 atom stereocenters. The lowest BCUT2D eigenvalue weighted by Crippen LogP contribution is -2.16. The van der Waals surface area contributed by atoms with Gasteiger partial charge in [0.1, 0.15) is 11.6 Å². The van der Waals surface area contributed by atoms with Gasteiger partial charge in [-0.05, 0) is 101 Å². The summed E-state index contributed by atoms with van der Waals surface area (Å²) in [4.78, 5) is 21.6. The quantitative estimate of drug-likeness (QED) is 0.180. The molecule has 0 unspecified atom stereocenters. The van der Waals surface area contributed by atoms with Crippen LogP contribution in [0.15, 0.2) is 183 Å². The molecule has 0 saturated heterocycles. The van der Waals surface area contributed by atoms with E-state index in [1.165, 1.54) is 27.5 Å². The third kappa shape index (κ3) is 4.74. The van der Waals surface area contributed by atoms with E-state index in [0.29, 0.717) is 0 Å². The molecule has 0 amide bonds. The van der Waals surface area contributed by atoms with Crippen molar-refractivity contribution in [3.8, 4) is 50.6 Å². The molecule has 0 saturated carbocycles. The van der Waals surface area contributed by atoms with Gasteiger partial charge in [-0.2, -0.15) is 0 Å². The number of nitrogens with zero attached hydrogens (tertiary/aromatic N) is 6. The molecule has 10 aromatic rings. The number of hydrogen-bond donors (Lipinski definition) is 0. The van der Waals surface area contributed by atoms with E-state index in [9.17, 15) is 0 Å². The summed E-state index contributed by atoms with van der Waals surface area (Å²) < 4.78 is 2.29. The van der Waals surface area contributed by atoms with Crippen LogP contribution in [0.25, 0.3) is 83.2 Å². The molecular formula is C48H30N6. The van der Waals surface area contributed by atoms with Crippen LogP contribution < -0.4 is 4.90 Å². The summed E-state index contributed by atoms with van der Waals surface area (Å²) >= 11 is 0. The Kier molecular flexibility index (Phi) is 6.75. The van der Waals surface area contributed by atoms with Gasteiger partial charge in [-0.15, -0.1) is 0 Å². The van der Waals surface area contributed by atoms with Crippen molar-refractivity contribution in [1.29, 1.82) is 0 Å². The molecule has 5 aromatic heterocycles. The highest BCUT2D eigenvalue weighted by Crippen LogP contribution is 2.53. The highest BCUT2D eigenvalue weighted by atomic mass is 15.2. The van der Waals surface area contributed by atoms with Gasteiger partial charge < -0.3 is 0 Å². The third-order valence-corrected chi connectivity index (χ3v) is 10.5. The third-order valence-electron chi connectivity index (χ3n) is 10.5. The Morgan fingerprint density at radius 1 is 0.370 bits per heavy atom. The topological polar surface area (TPSA) is 59.7 Å². The zero-order valence-electron chi connectivity index (χ0n) is 29.0. The van der Waals surface area contributed by atoms with Crippen molar-refractivity contribution in [3.63, 3.8) is 0 Å². The summed E-state index contributed by atoms with van der Waals surface area (Å²) in [7, 11) is 0. The normalized spacial score (nSPS) is 12.0. The largest absolute Gasteiger partial charge is 0.294 e. The molecule has 5 aromatic carbocycles. The summed E-state index contributed by atoms with van der Waals surface area (Å²) in [6, 6.07) is 55.5. The van der Waals surface area contributed by atoms with Crippen LogP contribution in [-0.4, -0.2) is 24.5 Å². The zero-order chi connectivity index (χ0) is 35.6. The second-order valence-electron chi connectivity index (χ2n) is 13.6. The fourth-order valence-electron chi connectivity index (χ4n) is 8.09. The van der Waals surface area contributed by atoms with Gasteiger partial charge in [0.2, 0.25) is 0 Å². The van der Waals surface area contributed by atoms with Gasteiger partial charge in [-0.3, -0.25) is 19.4 Å². The van der Waals surface area contributed by atoms with Gasteiger partial charge >= 0.3 is 0 Å². The van der Waals surface area contributed by atoms with Gasteiger partial charge in [0.25, 0.3) is 0 Å². The van der Waals surface area contributed by atoms with Crippen LogP contribution >= 0.6 is 0 Å². The first kappa shape index (κ1) is 30.2. The first-order valence-electron chi connectivity index (χ1n) is 18.0. The highest BCUT2D eigenvalue weighted by Gasteiger charge is 2.29. The first-order valence-corrected chi connectivity index (χ1v) is 18.0. The van der Waals surface area contributed by atoms with E-state index >= 15 is 0 Å². The number of aromatic nitrogens is 5. The van der Waals surface area contributed by atoms with Gasteiger partial charge in [0.15, 0.2) is 0 Å². The molecular weight excluding hydrogens is 661 g/mol. The molecule has 252 valence electrons. The summed E-state index contributed by atoms with van der Waals surface area (Å²) in [5, 5.41) is 4.70. The lowest BCUT2D eigenvalue weighted by molar-refractivity contribution is 1.08. The van der Waals surface area contributed by atoms with E-state index < -0.39 is 0 Å². The van der Waals surface area contributed by atoms with Crippen molar-refractivity contribution in [2.75, 3.05) is 4.90 Å². The fraction of sp³-hybridized carbons (Fsp3) is 0. The molecule has 1 aliphatic rings. The van der Waals surface area contributed by atoms with Crippen molar-refractivity contribution in [2.24, 2.45) is 0 Å². The van der Waals surface area contributed by atoms with E-state index in [1.54, 1.807) is 0 Å². The molecule has 0 fully saturated rings. The smallest absolute Gasteiger partial charge is 0.138 e. The molecule has 0 aliphatic carbocycles. The van der Waals surface area contributed by atoms with Gasteiger partial charge in [-0.25, -0.2) is 9.97 Å². The molecule has 54 heavy (non-hydrogen) atoms. The average molecular weight is 691 g/mol. The summed E-state index contributed by atoms with van der Waals surface area (Å²) in [5.41, 5.74) is 12.8. The van der Waals surface area contributed by atoms with E-state index in [2.05, 4.69) is 129 Å². The standard InChI is InChI=1S/C48H30N6/c1-2-10-31(11-3-1)33-18-19-42-37(26-33)39-29-38-36-14-8-12-32-13-9-17-43(48(32)36)54(47-28-35(21-25-52-47)41-16-5-7-23-50-41)44(38)30-45(39)53(42)46-27-34(20-24-51-46)40-15-4-6-22-49-40/h1-30H. The Bertz CT molecular complexity index is 3040. The first-order chi connectivity index (χ1) is 26.8. The molecule has 0 spiro atoms. The Balaban J connectivity index is 1.23. The molecule has 0 N–H and O–H groups in total. The van der Waals surface area contributed by atoms with Crippen molar-refractivity contribution in [2.45, 2.75) is 0 Å². The van der Waals surface area contributed by atoms with Crippen LogP contribution in [0.3, 0.4) is 0 Å². The Labute approximate surface area is 311 Å². The minimum Gasteiger partial charge on any atom is -0.294 e. The SMILES string of the molecule is c1ccc(-c2ccc3c(c2)c2cc4c(cc2n3-c2cc(-c3ccccn3)ccn2)N(c2cc(-c3ccccn3)ccn2)c2cccc3cccc-4c23)cc1. The number of pyridine rings is 4. The Morgan fingerprint density at radius 3 is 1.80 bits per heavy atom. The minimum atomic E-state index is 0.824. The maximum atomic E-state index is 5.01. The van der Waals surface area contributed by atoms with Crippen molar-refractivity contribution in [1.82, 2.24) is 24.5 Å². The monoisotopic (exact) mass is 690 g/mol. The maximum absolute atomic E-state index is 5.01. The van der Waals surface area contributed by atoms with Crippen LogP contribution in [0, 0.1) is 0 Å². The van der Waals surface area contributed by atoms with Gasteiger partial charge in [0.05, 0.1) is 33.8 Å². The number of anilines is 3. The molecule has 6 heteroatoms. The maximum Gasteiger partial charge on any atom is 0.138 e. The molecule has 6 nitrogen and oxygen atoms in total. The summed E-state index contributed by atoms with van der Waals surface area (Å²) in [6.07, 6.45) is 7.42. The lowest BCUT2D eigenvalue weighted by atomic mass is 9.90. The van der Waals surface area contributed by atoms with E-state index in [4.69, 9.17) is 9.97 Å². The van der Waals surface area contributed by atoms with Gasteiger partial charge in [0, 0.05) is 57.6 Å². The predicted molar refractivity (Wildman–Crippen MR) is 219 cm³/mol. The van der Waals surface area contributed by atoms with Crippen molar-refractivity contribution in [3.05, 3.63) is 183 Å². The van der Waals surface area contributed by atoms with Crippen LogP contribution in [-0.2, 0) is 0 Å². The molecule has 11 rings (SSSR count). The number of hydrogen-bond acceptors (Lipinski definition) is 5. The Morgan fingerprint density at radius 2 is 1.06 bits per heavy atom. The Hall–Kier alpha value is -7.44. The van der Waals surface area contributed by atoms with Crippen LogP contribution in [0.2, 0.25) is 0 Å². The van der Waals surface area contributed by atoms with E-state index in [-0.39, 0.29) is 0 Å². The van der Waals surface area contributed by atoms with E-state index in [1.807, 2.05) is 73.3 Å². The fourth-order valence-corrected chi connectivity index (χ4v) is 8.09. The van der Waals surface area contributed by atoms with Crippen molar-refractivity contribution < 1.29 is 0 Å². The molecule has 0 bridgehead atoms. The molecule has 1 aliphatic heterocycles. The molecule has 0 radical (unpaired) electrons. The van der Waals surface area contributed by atoms with Crippen LogP contribution in [0.1, 0.15) is 0 Å². The van der Waals surface area contributed by atoms with Gasteiger partial charge in [-0.1, -0.05) is 78.9 Å².